The molecular weight excluding hydrogens is 276 g/mol. The van der Waals surface area contributed by atoms with Crippen molar-refractivity contribution >= 4 is 23.3 Å². The van der Waals surface area contributed by atoms with Gasteiger partial charge in [-0.15, -0.1) is 0 Å². The molecule has 2 bridgehead atoms. The van der Waals surface area contributed by atoms with E-state index in [-0.39, 0.29) is 5.97 Å². The van der Waals surface area contributed by atoms with E-state index in [4.69, 9.17) is 16.3 Å². The van der Waals surface area contributed by atoms with Gasteiger partial charge >= 0.3 is 5.97 Å². The van der Waals surface area contributed by atoms with E-state index in [1.54, 1.807) is 12.1 Å². The Morgan fingerprint density at radius 2 is 2.20 bits per heavy atom. The van der Waals surface area contributed by atoms with Crippen LogP contribution in [0.1, 0.15) is 23.2 Å². The van der Waals surface area contributed by atoms with Crippen molar-refractivity contribution in [2.75, 3.05) is 32.1 Å². The van der Waals surface area contributed by atoms with Gasteiger partial charge in [-0.05, 0) is 43.5 Å². The molecule has 20 heavy (non-hydrogen) atoms. The number of ether oxygens (including phenoxy) is 1. The van der Waals surface area contributed by atoms with Crippen LogP contribution in [-0.2, 0) is 4.74 Å². The summed E-state index contributed by atoms with van der Waals surface area (Å²) in [4.78, 5) is 14.3. The number of methoxy groups -OCH3 is 1. The molecular formula is C15H19ClN2O2. The van der Waals surface area contributed by atoms with Gasteiger partial charge in [-0.1, -0.05) is 11.6 Å². The Labute approximate surface area is 124 Å². The van der Waals surface area contributed by atoms with Crippen LogP contribution in [0.5, 0.6) is 0 Å². The van der Waals surface area contributed by atoms with Crippen LogP contribution in [0, 0.1) is 5.92 Å². The number of carbonyl (C=O) groups is 1. The fraction of sp³-hybridized carbons (Fsp3) is 0.533. The molecule has 2 aliphatic rings. The first kappa shape index (κ1) is 13.7. The Morgan fingerprint density at radius 3 is 3.00 bits per heavy atom. The molecule has 1 aromatic rings. The third-order valence-electron chi connectivity index (χ3n) is 4.36. The topological polar surface area (TPSA) is 41.6 Å². The van der Waals surface area contributed by atoms with Crippen molar-refractivity contribution in [3.8, 4) is 0 Å². The number of hydrogen-bond acceptors (Lipinski definition) is 4. The first-order valence-corrected chi connectivity index (χ1v) is 7.42. The molecule has 2 saturated heterocycles. The number of rotatable bonds is 3. The van der Waals surface area contributed by atoms with Gasteiger partial charge in [0.2, 0.25) is 0 Å². The summed E-state index contributed by atoms with van der Waals surface area (Å²) < 4.78 is 4.84. The smallest absolute Gasteiger partial charge is 0.339 e. The number of anilines is 1. The molecule has 3 unspecified atom stereocenters. The van der Waals surface area contributed by atoms with E-state index in [1.165, 1.54) is 20.1 Å². The average molecular weight is 295 g/mol. The lowest BCUT2D eigenvalue weighted by molar-refractivity contribution is 0.0601. The lowest BCUT2D eigenvalue weighted by Crippen LogP contribution is -2.39. The summed E-state index contributed by atoms with van der Waals surface area (Å²) in [6.07, 6.45) is 2.34. The normalized spacial score (nSPS) is 28.2. The molecule has 0 spiro atoms. The zero-order valence-electron chi connectivity index (χ0n) is 11.6. The number of nitrogens with one attached hydrogen (secondary N) is 1. The standard InChI is InChI=1S/C15H19ClN2O2/c1-20-15(19)12-3-2-11(16)8-14(12)17-13-5-7-18-6-4-10(13)9-18/h2-3,8,10,13,17H,4-7,9H2,1H3. The molecule has 3 rings (SSSR count). The van der Waals surface area contributed by atoms with Crippen molar-refractivity contribution < 1.29 is 9.53 Å². The summed E-state index contributed by atoms with van der Waals surface area (Å²) in [6.45, 7) is 3.48. The maximum Gasteiger partial charge on any atom is 0.339 e. The number of hydrogen-bond donors (Lipinski definition) is 1. The molecule has 108 valence electrons. The second kappa shape index (κ2) is 5.62. The highest BCUT2D eigenvalue weighted by Crippen LogP contribution is 2.31. The van der Waals surface area contributed by atoms with Gasteiger partial charge in [0, 0.05) is 24.2 Å². The van der Waals surface area contributed by atoms with Gasteiger partial charge in [-0.25, -0.2) is 4.79 Å². The summed E-state index contributed by atoms with van der Waals surface area (Å²) >= 11 is 6.06. The fourth-order valence-corrected chi connectivity index (χ4v) is 3.44. The predicted octanol–water partition coefficient (Wildman–Crippen LogP) is 2.63. The van der Waals surface area contributed by atoms with Crippen LogP contribution in [-0.4, -0.2) is 43.7 Å². The molecule has 0 amide bonds. The van der Waals surface area contributed by atoms with Gasteiger partial charge in [0.05, 0.1) is 18.4 Å². The minimum Gasteiger partial charge on any atom is -0.465 e. The SMILES string of the molecule is COC(=O)c1ccc(Cl)cc1NC1CCN2CCC1C2. The minimum atomic E-state index is -0.326. The van der Waals surface area contributed by atoms with Crippen LogP contribution in [0.25, 0.3) is 0 Å². The highest BCUT2D eigenvalue weighted by molar-refractivity contribution is 6.31. The number of nitrogens with zero attached hydrogens (tertiary/aromatic N) is 1. The van der Waals surface area contributed by atoms with Crippen LogP contribution in [0.2, 0.25) is 5.02 Å². The molecule has 0 aliphatic carbocycles. The molecule has 0 aromatic heterocycles. The van der Waals surface area contributed by atoms with Crippen molar-refractivity contribution in [2.45, 2.75) is 18.9 Å². The van der Waals surface area contributed by atoms with E-state index in [1.807, 2.05) is 6.07 Å². The van der Waals surface area contributed by atoms with E-state index in [2.05, 4.69) is 10.2 Å². The molecule has 2 fully saturated rings. The highest BCUT2D eigenvalue weighted by atomic mass is 35.5. The van der Waals surface area contributed by atoms with Crippen LogP contribution >= 0.6 is 11.6 Å². The van der Waals surface area contributed by atoms with Crippen LogP contribution in [0.4, 0.5) is 5.69 Å². The molecule has 1 N–H and O–H groups in total. The number of esters is 1. The van der Waals surface area contributed by atoms with Crippen molar-refractivity contribution in [2.24, 2.45) is 5.92 Å². The number of benzene rings is 1. The van der Waals surface area contributed by atoms with Crippen LogP contribution < -0.4 is 5.32 Å². The largest absolute Gasteiger partial charge is 0.465 e. The van der Waals surface area contributed by atoms with Crippen molar-refractivity contribution in [3.05, 3.63) is 28.8 Å². The van der Waals surface area contributed by atoms with E-state index in [9.17, 15) is 4.79 Å². The maximum absolute atomic E-state index is 11.8. The third kappa shape index (κ3) is 2.63. The first-order valence-electron chi connectivity index (χ1n) is 7.04. The molecule has 4 nitrogen and oxygen atoms in total. The number of halogens is 1. The number of carbonyl (C=O) groups excluding carboxylic acids is 1. The molecule has 0 radical (unpaired) electrons. The molecule has 2 heterocycles. The summed E-state index contributed by atoms with van der Waals surface area (Å²) in [7, 11) is 1.40. The molecule has 1 aromatic carbocycles. The Bertz CT molecular complexity index is 521. The first-order chi connectivity index (χ1) is 9.67. The Hall–Kier alpha value is -1.26. The Morgan fingerprint density at radius 1 is 1.40 bits per heavy atom. The van der Waals surface area contributed by atoms with Gasteiger partial charge in [0.15, 0.2) is 0 Å². The zero-order chi connectivity index (χ0) is 14.1. The average Bonchev–Trinajstić information content (AvgIpc) is 2.84. The third-order valence-corrected chi connectivity index (χ3v) is 4.60. The van der Waals surface area contributed by atoms with Gasteiger partial charge in [0.1, 0.15) is 0 Å². The van der Waals surface area contributed by atoms with E-state index >= 15 is 0 Å². The zero-order valence-corrected chi connectivity index (χ0v) is 12.3. The summed E-state index contributed by atoms with van der Waals surface area (Å²) in [5.74, 6) is 0.334. The lowest BCUT2D eigenvalue weighted by atomic mass is 9.93. The Kier molecular flexibility index (Phi) is 3.85. The summed E-state index contributed by atoms with van der Waals surface area (Å²) in [5, 5.41) is 4.15. The summed E-state index contributed by atoms with van der Waals surface area (Å²) in [5.41, 5.74) is 1.34. The second-order valence-electron chi connectivity index (χ2n) is 5.57. The minimum absolute atomic E-state index is 0.326. The quantitative estimate of drug-likeness (QED) is 0.870. The number of fused-ring (bicyclic) bond motifs is 2. The van der Waals surface area contributed by atoms with E-state index in [0.29, 0.717) is 22.5 Å². The maximum atomic E-state index is 11.8. The Balaban J connectivity index is 1.82. The molecule has 3 atom stereocenters. The monoisotopic (exact) mass is 294 g/mol. The number of piperidine rings is 1. The van der Waals surface area contributed by atoms with Crippen LogP contribution in [0.3, 0.4) is 0 Å². The van der Waals surface area contributed by atoms with Crippen molar-refractivity contribution in [1.29, 1.82) is 0 Å². The lowest BCUT2D eigenvalue weighted by Gasteiger charge is -2.32. The van der Waals surface area contributed by atoms with Gasteiger partial charge in [0.25, 0.3) is 0 Å². The molecule has 2 aliphatic heterocycles. The van der Waals surface area contributed by atoms with Gasteiger partial charge < -0.3 is 15.0 Å². The van der Waals surface area contributed by atoms with Gasteiger partial charge in [-0.2, -0.15) is 0 Å². The van der Waals surface area contributed by atoms with Crippen LogP contribution in [0.15, 0.2) is 18.2 Å². The van der Waals surface area contributed by atoms with Crippen molar-refractivity contribution in [1.82, 2.24) is 4.90 Å². The molecule has 5 heteroatoms. The van der Waals surface area contributed by atoms with Crippen molar-refractivity contribution in [3.63, 3.8) is 0 Å². The molecule has 0 saturated carbocycles. The highest BCUT2D eigenvalue weighted by Gasteiger charge is 2.34. The predicted molar refractivity (Wildman–Crippen MR) is 79.4 cm³/mol. The second-order valence-corrected chi connectivity index (χ2v) is 6.01. The fourth-order valence-electron chi connectivity index (χ4n) is 3.27. The summed E-state index contributed by atoms with van der Waals surface area (Å²) in [6, 6.07) is 5.67. The van der Waals surface area contributed by atoms with Gasteiger partial charge in [-0.3, -0.25) is 0 Å². The van der Waals surface area contributed by atoms with E-state index in [0.717, 1.165) is 25.2 Å². The van der Waals surface area contributed by atoms with E-state index < -0.39 is 0 Å².